The average molecular weight is 343 g/mol. The lowest BCUT2D eigenvalue weighted by molar-refractivity contribution is 0.193. The van der Waals surface area contributed by atoms with E-state index in [9.17, 15) is 0 Å². The number of hydrogen-bond donors (Lipinski definition) is 1. The maximum absolute atomic E-state index is 6.46. The summed E-state index contributed by atoms with van der Waals surface area (Å²) in [5, 5.41) is 0. The second-order valence-electron chi connectivity index (χ2n) is 5.76. The van der Waals surface area contributed by atoms with Crippen LogP contribution in [0.3, 0.4) is 0 Å². The van der Waals surface area contributed by atoms with Gasteiger partial charge in [-0.15, -0.1) is 0 Å². The molecule has 0 aromatic heterocycles. The van der Waals surface area contributed by atoms with E-state index in [1.165, 1.54) is 28.4 Å². The zero-order valence-corrected chi connectivity index (χ0v) is 12.9. The van der Waals surface area contributed by atoms with Gasteiger partial charge < -0.3 is 5.73 Å². The smallest absolute Gasteiger partial charge is 0.0324 e. The van der Waals surface area contributed by atoms with Crippen LogP contribution in [0.2, 0.25) is 0 Å². The molecule has 2 rings (SSSR count). The molecular weight excluding hydrogens is 321 g/mol. The SMILES string of the molecule is CC1CC(C)CC(C(N)c2cccc(I)c2)C1. The molecule has 3 unspecified atom stereocenters. The lowest BCUT2D eigenvalue weighted by Gasteiger charge is -2.35. The monoisotopic (exact) mass is 343 g/mol. The molecule has 0 heterocycles. The summed E-state index contributed by atoms with van der Waals surface area (Å²) in [5.41, 5.74) is 7.77. The number of halogens is 1. The first kappa shape index (κ1) is 13.3. The summed E-state index contributed by atoms with van der Waals surface area (Å²) in [7, 11) is 0. The van der Waals surface area contributed by atoms with E-state index in [1.54, 1.807) is 0 Å². The summed E-state index contributed by atoms with van der Waals surface area (Å²) < 4.78 is 1.28. The molecule has 3 atom stereocenters. The molecule has 0 aliphatic heterocycles. The predicted octanol–water partition coefficient (Wildman–Crippen LogP) is 4.36. The molecule has 1 aliphatic carbocycles. The van der Waals surface area contributed by atoms with E-state index in [4.69, 9.17) is 5.73 Å². The Balaban J connectivity index is 2.11. The fourth-order valence-electron chi connectivity index (χ4n) is 3.29. The van der Waals surface area contributed by atoms with Crippen molar-refractivity contribution >= 4 is 22.6 Å². The molecule has 1 fully saturated rings. The van der Waals surface area contributed by atoms with Crippen LogP contribution in [-0.4, -0.2) is 0 Å². The predicted molar refractivity (Wildman–Crippen MR) is 81.8 cm³/mol. The van der Waals surface area contributed by atoms with Gasteiger partial charge in [-0.1, -0.05) is 26.0 Å². The molecule has 0 amide bonds. The van der Waals surface area contributed by atoms with E-state index < -0.39 is 0 Å². The van der Waals surface area contributed by atoms with Gasteiger partial charge in [0.05, 0.1) is 0 Å². The molecule has 2 N–H and O–H groups in total. The van der Waals surface area contributed by atoms with E-state index in [1.807, 2.05) is 0 Å². The van der Waals surface area contributed by atoms with Crippen LogP contribution >= 0.6 is 22.6 Å². The summed E-state index contributed by atoms with van der Waals surface area (Å²) in [4.78, 5) is 0. The number of benzene rings is 1. The summed E-state index contributed by atoms with van der Waals surface area (Å²) in [6.07, 6.45) is 3.95. The van der Waals surface area contributed by atoms with E-state index >= 15 is 0 Å². The van der Waals surface area contributed by atoms with Crippen molar-refractivity contribution in [2.75, 3.05) is 0 Å². The number of rotatable bonds is 2. The van der Waals surface area contributed by atoms with Crippen molar-refractivity contribution < 1.29 is 0 Å². The molecule has 1 aliphatic rings. The summed E-state index contributed by atoms with van der Waals surface area (Å²) in [6.45, 7) is 4.73. The van der Waals surface area contributed by atoms with E-state index in [0.29, 0.717) is 5.92 Å². The van der Waals surface area contributed by atoms with Crippen molar-refractivity contribution in [2.24, 2.45) is 23.5 Å². The van der Waals surface area contributed by atoms with E-state index in [-0.39, 0.29) is 6.04 Å². The van der Waals surface area contributed by atoms with Gasteiger partial charge in [0.25, 0.3) is 0 Å². The van der Waals surface area contributed by atoms with Gasteiger partial charge in [-0.25, -0.2) is 0 Å². The molecule has 0 radical (unpaired) electrons. The Morgan fingerprint density at radius 3 is 2.41 bits per heavy atom. The molecule has 17 heavy (non-hydrogen) atoms. The van der Waals surface area contributed by atoms with Gasteiger partial charge >= 0.3 is 0 Å². The third-order valence-corrected chi connectivity index (χ3v) is 4.63. The van der Waals surface area contributed by atoms with Crippen molar-refractivity contribution in [3.05, 3.63) is 33.4 Å². The summed E-state index contributed by atoms with van der Waals surface area (Å²) in [5.74, 6) is 2.32. The van der Waals surface area contributed by atoms with Gasteiger partial charge in [0.15, 0.2) is 0 Å². The topological polar surface area (TPSA) is 26.0 Å². The largest absolute Gasteiger partial charge is 0.324 e. The Bertz CT molecular complexity index is 367. The second kappa shape index (κ2) is 5.70. The molecule has 1 aromatic rings. The highest BCUT2D eigenvalue weighted by molar-refractivity contribution is 14.1. The van der Waals surface area contributed by atoms with Crippen LogP contribution in [0.4, 0.5) is 0 Å². The van der Waals surface area contributed by atoms with Crippen LogP contribution in [0.25, 0.3) is 0 Å². The van der Waals surface area contributed by atoms with E-state index in [2.05, 4.69) is 60.7 Å². The Morgan fingerprint density at radius 1 is 1.18 bits per heavy atom. The van der Waals surface area contributed by atoms with Crippen molar-refractivity contribution in [3.8, 4) is 0 Å². The molecule has 94 valence electrons. The van der Waals surface area contributed by atoms with Crippen LogP contribution in [0.5, 0.6) is 0 Å². The fourth-order valence-corrected chi connectivity index (χ4v) is 3.86. The van der Waals surface area contributed by atoms with Crippen LogP contribution in [-0.2, 0) is 0 Å². The van der Waals surface area contributed by atoms with Crippen molar-refractivity contribution in [2.45, 2.75) is 39.2 Å². The Labute approximate surface area is 118 Å². The van der Waals surface area contributed by atoms with Crippen LogP contribution in [0.1, 0.15) is 44.7 Å². The molecule has 2 heteroatoms. The molecule has 0 bridgehead atoms. The third kappa shape index (κ3) is 3.44. The Hall–Kier alpha value is -0.0900. The van der Waals surface area contributed by atoms with Gasteiger partial charge in [0.1, 0.15) is 0 Å². The molecule has 0 saturated heterocycles. The second-order valence-corrected chi connectivity index (χ2v) is 7.00. The number of hydrogen-bond acceptors (Lipinski definition) is 1. The Kier molecular flexibility index (Phi) is 4.47. The van der Waals surface area contributed by atoms with E-state index in [0.717, 1.165) is 11.8 Å². The zero-order chi connectivity index (χ0) is 12.4. The van der Waals surface area contributed by atoms with Gasteiger partial charge in [-0.3, -0.25) is 0 Å². The van der Waals surface area contributed by atoms with Crippen molar-refractivity contribution in [3.63, 3.8) is 0 Å². The standard InChI is InChI=1S/C15H22IN/c1-10-6-11(2)8-13(7-10)15(17)12-4-3-5-14(16)9-12/h3-5,9-11,13,15H,6-8,17H2,1-2H3. The highest BCUT2D eigenvalue weighted by atomic mass is 127. The molecule has 1 nitrogen and oxygen atoms in total. The molecule has 1 aromatic carbocycles. The van der Waals surface area contributed by atoms with Gasteiger partial charge in [0.2, 0.25) is 0 Å². The molecular formula is C15H22IN. The van der Waals surface area contributed by atoms with Gasteiger partial charge in [0, 0.05) is 9.61 Å². The van der Waals surface area contributed by atoms with Crippen LogP contribution < -0.4 is 5.73 Å². The van der Waals surface area contributed by atoms with Crippen LogP contribution in [0.15, 0.2) is 24.3 Å². The van der Waals surface area contributed by atoms with Crippen molar-refractivity contribution in [1.29, 1.82) is 0 Å². The zero-order valence-electron chi connectivity index (χ0n) is 10.7. The van der Waals surface area contributed by atoms with Crippen molar-refractivity contribution in [1.82, 2.24) is 0 Å². The first-order valence-corrected chi connectivity index (χ1v) is 7.65. The lowest BCUT2D eigenvalue weighted by atomic mass is 9.73. The average Bonchev–Trinajstić information content (AvgIpc) is 2.26. The molecule has 1 saturated carbocycles. The maximum Gasteiger partial charge on any atom is 0.0324 e. The number of nitrogens with two attached hydrogens (primary N) is 1. The Morgan fingerprint density at radius 2 is 1.82 bits per heavy atom. The third-order valence-electron chi connectivity index (χ3n) is 3.96. The fraction of sp³-hybridized carbons (Fsp3) is 0.600. The van der Waals surface area contributed by atoms with Gasteiger partial charge in [-0.2, -0.15) is 0 Å². The van der Waals surface area contributed by atoms with Gasteiger partial charge in [-0.05, 0) is 77.3 Å². The quantitative estimate of drug-likeness (QED) is 0.793. The minimum atomic E-state index is 0.218. The normalized spacial score (nSPS) is 31.2. The minimum absolute atomic E-state index is 0.218. The summed E-state index contributed by atoms with van der Waals surface area (Å²) in [6, 6.07) is 8.87. The first-order chi connectivity index (χ1) is 8.06. The minimum Gasteiger partial charge on any atom is -0.324 e. The van der Waals surface area contributed by atoms with Crippen LogP contribution in [0, 0.1) is 21.3 Å². The lowest BCUT2D eigenvalue weighted by Crippen LogP contribution is -2.29. The highest BCUT2D eigenvalue weighted by Crippen LogP contribution is 2.38. The molecule has 0 spiro atoms. The highest BCUT2D eigenvalue weighted by Gasteiger charge is 2.28. The maximum atomic E-state index is 6.46. The first-order valence-electron chi connectivity index (χ1n) is 6.57. The summed E-state index contributed by atoms with van der Waals surface area (Å²) >= 11 is 2.36.